The zero-order valence-electron chi connectivity index (χ0n) is 17.0. The first-order valence-corrected chi connectivity index (χ1v) is 9.90. The van der Waals surface area contributed by atoms with Crippen LogP contribution in [-0.2, 0) is 4.79 Å². The Kier molecular flexibility index (Phi) is 6.43. The van der Waals surface area contributed by atoms with Crippen LogP contribution in [0.5, 0.6) is 11.5 Å². The monoisotopic (exact) mass is 413 g/mol. The lowest BCUT2D eigenvalue weighted by molar-refractivity contribution is -0.115. The Morgan fingerprint density at radius 3 is 2.48 bits per heavy atom. The minimum absolute atomic E-state index is 0.130. The molecule has 3 rings (SSSR count). The van der Waals surface area contributed by atoms with Crippen molar-refractivity contribution < 1.29 is 18.7 Å². The third-order valence-corrected chi connectivity index (χ3v) is 5.36. The summed E-state index contributed by atoms with van der Waals surface area (Å²) in [5.74, 6) is 1.41. The van der Waals surface area contributed by atoms with Gasteiger partial charge in [-0.1, -0.05) is 30.0 Å². The summed E-state index contributed by atoms with van der Waals surface area (Å²) in [6.07, 6.45) is 0. The highest BCUT2D eigenvalue weighted by molar-refractivity contribution is 8.00. The van der Waals surface area contributed by atoms with Gasteiger partial charge in [0.2, 0.25) is 5.91 Å². The number of nitrogens with zero attached hydrogens (tertiary/aromatic N) is 2. The maximum absolute atomic E-state index is 12.6. The van der Waals surface area contributed by atoms with E-state index in [9.17, 15) is 4.79 Å². The summed E-state index contributed by atoms with van der Waals surface area (Å²) in [6.45, 7) is 5.73. The molecule has 0 bridgehead atoms. The van der Waals surface area contributed by atoms with E-state index in [0.29, 0.717) is 28.2 Å². The summed E-state index contributed by atoms with van der Waals surface area (Å²) in [5.41, 5.74) is 3.52. The lowest BCUT2D eigenvalue weighted by atomic mass is 10.1. The van der Waals surface area contributed by atoms with Crippen molar-refractivity contribution in [1.82, 2.24) is 10.2 Å². The summed E-state index contributed by atoms with van der Waals surface area (Å²) in [5, 5.41) is 11.0. The number of benzene rings is 2. The molecule has 29 heavy (non-hydrogen) atoms. The van der Waals surface area contributed by atoms with E-state index in [1.807, 2.05) is 32.0 Å². The minimum Gasteiger partial charge on any atom is -0.497 e. The molecule has 0 spiro atoms. The van der Waals surface area contributed by atoms with Gasteiger partial charge in [0, 0.05) is 11.8 Å². The van der Waals surface area contributed by atoms with Crippen LogP contribution < -0.4 is 14.8 Å². The van der Waals surface area contributed by atoms with Gasteiger partial charge in [-0.3, -0.25) is 4.79 Å². The van der Waals surface area contributed by atoms with E-state index in [1.165, 1.54) is 11.8 Å². The summed E-state index contributed by atoms with van der Waals surface area (Å²) in [7, 11) is 3.14. The van der Waals surface area contributed by atoms with Gasteiger partial charge in [0.1, 0.15) is 11.5 Å². The fourth-order valence-electron chi connectivity index (χ4n) is 2.78. The first-order chi connectivity index (χ1) is 13.9. The fraction of sp³-hybridized carbons (Fsp3) is 0.286. The number of amides is 1. The van der Waals surface area contributed by atoms with Gasteiger partial charge in [-0.25, -0.2) is 0 Å². The average Bonchev–Trinajstić information content (AvgIpc) is 3.18. The van der Waals surface area contributed by atoms with Crippen LogP contribution in [0.1, 0.15) is 18.1 Å². The molecule has 0 aliphatic rings. The van der Waals surface area contributed by atoms with Gasteiger partial charge in [0.25, 0.3) is 11.1 Å². The van der Waals surface area contributed by atoms with Gasteiger partial charge in [-0.15, -0.1) is 10.2 Å². The summed E-state index contributed by atoms with van der Waals surface area (Å²) < 4.78 is 16.3. The van der Waals surface area contributed by atoms with Crippen molar-refractivity contribution in [2.24, 2.45) is 0 Å². The number of thioether (sulfide) groups is 1. The van der Waals surface area contributed by atoms with Crippen LogP contribution in [0.25, 0.3) is 11.5 Å². The first-order valence-electron chi connectivity index (χ1n) is 9.02. The molecule has 0 radical (unpaired) electrons. The maximum atomic E-state index is 12.6. The molecular weight excluding hydrogens is 390 g/mol. The number of carbonyl (C=O) groups excluding carboxylic acids is 1. The van der Waals surface area contributed by atoms with Crippen LogP contribution in [0.4, 0.5) is 5.69 Å². The molecule has 0 fully saturated rings. The molecule has 0 unspecified atom stereocenters. The average molecular weight is 413 g/mol. The van der Waals surface area contributed by atoms with Crippen LogP contribution in [0.15, 0.2) is 46.0 Å². The number of rotatable bonds is 7. The molecule has 3 aromatic rings. The van der Waals surface area contributed by atoms with E-state index in [2.05, 4.69) is 15.5 Å². The Hall–Kier alpha value is -3.00. The van der Waals surface area contributed by atoms with E-state index < -0.39 is 5.25 Å². The van der Waals surface area contributed by atoms with Crippen LogP contribution >= 0.6 is 11.8 Å². The number of anilines is 1. The molecule has 1 amide bonds. The number of aryl methyl sites for hydroxylation is 2. The van der Waals surface area contributed by atoms with Crippen molar-refractivity contribution in [3.63, 3.8) is 0 Å². The molecule has 2 aromatic carbocycles. The number of para-hydroxylation sites is 1. The van der Waals surface area contributed by atoms with E-state index in [1.54, 1.807) is 39.3 Å². The van der Waals surface area contributed by atoms with Crippen molar-refractivity contribution in [3.05, 3.63) is 47.5 Å². The molecule has 0 saturated carbocycles. The normalized spacial score (nSPS) is 11.8. The van der Waals surface area contributed by atoms with E-state index in [0.717, 1.165) is 16.8 Å². The highest BCUT2D eigenvalue weighted by Gasteiger charge is 2.21. The van der Waals surface area contributed by atoms with Gasteiger partial charge in [-0.2, -0.15) is 0 Å². The maximum Gasteiger partial charge on any atom is 0.277 e. The molecule has 1 atom stereocenters. The van der Waals surface area contributed by atoms with Crippen LogP contribution in [0.2, 0.25) is 0 Å². The molecule has 152 valence electrons. The number of methoxy groups -OCH3 is 2. The lowest BCUT2D eigenvalue weighted by Crippen LogP contribution is -2.23. The molecule has 1 N–H and O–H groups in total. The largest absolute Gasteiger partial charge is 0.497 e. The van der Waals surface area contributed by atoms with Gasteiger partial charge < -0.3 is 19.2 Å². The van der Waals surface area contributed by atoms with Crippen LogP contribution in [0, 0.1) is 13.8 Å². The SMILES string of the molecule is COc1ccc(-c2nnc(S[C@H](C)C(=O)Nc3c(C)cccc3C)o2)c(OC)c1. The highest BCUT2D eigenvalue weighted by atomic mass is 32.2. The predicted octanol–water partition coefficient (Wildman–Crippen LogP) is 4.49. The van der Waals surface area contributed by atoms with Crippen molar-refractivity contribution >= 4 is 23.4 Å². The van der Waals surface area contributed by atoms with Crippen LogP contribution in [-0.4, -0.2) is 35.6 Å². The smallest absolute Gasteiger partial charge is 0.277 e. The van der Waals surface area contributed by atoms with Gasteiger partial charge in [0.05, 0.1) is 25.0 Å². The van der Waals surface area contributed by atoms with E-state index in [-0.39, 0.29) is 5.91 Å². The number of hydrogen-bond donors (Lipinski definition) is 1. The van der Waals surface area contributed by atoms with E-state index in [4.69, 9.17) is 13.9 Å². The number of nitrogens with one attached hydrogen (secondary N) is 1. The van der Waals surface area contributed by atoms with Crippen molar-refractivity contribution in [1.29, 1.82) is 0 Å². The number of ether oxygens (including phenoxy) is 2. The zero-order chi connectivity index (χ0) is 21.0. The highest BCUT2D eigenvalue weighted by Crippen LogP contribution is 2.34. The zero-order valence-corrected chi connectivity index (χ0v) is 17.8. The molecular formula is C21H23N3O4S. The molecule has 1 heterocycles. The van der Waals surface area contributed by atoms with Crippen molar-refractivity contribution in [3.8, 4) is 23.0 Å². The van der Waals surface area contributed by atoms with E-state index >= 15 is 0 Å². The molecule has 7 nitrogen and oxygen atoms in total. The lowest BCUT2D eigenvalue weighted by Gasteiger charge is -2.14. The van der Waals surface area contributed by atoms with Gasteiger partial charge in [0.15, 0.2) is 0 Å². The Balaban J connectivity index is 1.72. The first kappa shape index (κ1) is 20.7. The third kappa shape index (κ3) is 4.71. The second-order valence-electron chi connectivity index (χ2n) is 6.46. The summed E-state index contributed by atoms with van der Waals surface area (Å²) in [4.78, 5) is 12.6. The minimum atomic E-state index is -0.417. The number of hydrogen-bond acceptors (Lipinski definition) is 7. The topological polar surface area (TPSA) is 86.5 Å². The Morgan fingerprint density at radius 1 is 1.10 bits per heavy atom. The second kappa shape index (κ2) is 9.00. The molecule has 0 saturated heterocycles. The molecule has 1 aromatic heterocycles. The standard InChI is InChI=1S/C21H23N3O4S/c1-12-7-6-8-13(2)18(12)22-19(25)14(3)29-21-24-23-20(28-21)16-10-9-15(26-4)11-17(16)27-5/h6-11,14H,1-5H3,(H,22,25)/t14-/m1/s1. The van der Waals surface area contributed by atoms with Crippen molar-refractivity contribution in [2.75, 3.05) is 19.5 Å². The third-order valence-electron chi connectivity index (χ3n) is 4.42. The Labute approximate surface area is 173 Å². The summed E-state index contributed by atoms with van der Waals surface area (Å²) in [6, 6.07) is 11.2. The Morgan fingerprint density at radius 2 is 1.83 bits per heavy atom. The predicted molar refractivity (Wildman–Crippen MR) is 113 cm³/mol. The van der Waals surface area contributed by atoms with Crippen molar-refractivity contribution in [2.45, 2.75) is 31.2 Å². The quantitative estimate of drug-likeness (QED) is 0.571. The van der Waals surface area contributed by atoms with Gasteiger partial charge in [-0.05, 0) is 44.0 Å². The molecule has 0 aliphatic carbocycles. The fourth-order valence-corrected chi connectivity index (χ4v) is 3.47. The Bertz CT molecular complexity index is 999. The molecule has 0 aliphatic heterocycles. The van der Waals surface area contributed by atoms with Crippen LogP contribution in [0.3, 0.4) is 0 Å². The number of aromatic nitrogens is 2. The molecule has 8 heteroatoms. The van der Waals surface area contributed by atoms with Gasteiger partial charge >= 0.3 is 0 Å². The number of carbonyl (C=O) groups is 1. The summed E-state index contributed by atoms with van der Waals surface area (Å²) >= 11 is 1.20. The second-order valence-corrected chi connectivity index (χ2v) is 7.75.